The third-order valence-corrected chi connectivity index (χ3v) is 4.07. The van der Waals surface area contributed by atoms with Gasteiger partial charge in [0.2, 0.25) is 0 Å². The normalized spacial score (nSPS) is 10.8. The molecule has 0 radical (unpaired) electrons. The van der Waals surface area contributed by atoms with Crippen molar-refractivity contribution in [2.75, 3.05) is 12.4 Å². The molecule has 98 valence electrons. The lowest BCUT2D eigenvalue weighted by molar-refractivity contribution is 0.419. The van der Waals surface area contributed by atoms with Crippen LogP contribution in [0.3, 0.4) is 0 Å². The summed E-state index contributed by atoms with van der Waals surface area (Å²) in [6.45, 7) is 2.71. The highest BCUT2D eigenvalue weighted by Crippen LogP contribution is 2.34. The summed E-state index contributed by atoms with van der Waals surface area (Å²) in [7, 11) is 1.67. The van der Waals surface area contributed by atoms with Crippen molar-refractivity contribution in [1.82, 2.24) is 4.98 Å². The number of rotatable bonds is 4. The quantitative estimate of drug-likeness (QED) is 0.785. The molecular formula is C14H14N2O2S. The largest absolute Gasteiger partial charge is 0.494 e. The topological polar surface area (TPSA) is 47.3 Å². The first-order valence-corrected chi connectivity index (χ1v) is 6.80. The summed E-state index contributed by atoms with van der Waals surface area (Å²) >= 11 is 1.63. The van der Waals surface area contributed by atoms with E-state index in [1.807, 2.05) is 18.2 Å². The Morgan fingerprint density at radius 1 is 1.37 bits per heavy atom. The standard InChI is InChI=1S/C14H14N2O2S/c1-9-5-6-11(17-2)12-13(9)19-14(16-12)15-8-10-4-3-7-18-10/h3-7H,8H2,1-2H3,(H,15,16). The van der Waals surface area contributed by atoms with Crippen LogP contribution in [-0.4, -0.2) is 12.1 Å². The number of aryl methyl sites for hydroxylation is 1. The van der Waals surface area contributed by atoms with Crippen molar-refractivity contribution >= 4 is 26.7 Å². The van der Waals surface area contributed by atoms with Crippen LogP contribution in [0.2, 0.25) is 0 Å². The number of thiazole rings is 1. The van der Waals surface area contributed by atoms with Crippen molar-refractivity contribution < 1.29 is 9.15 Å². The van der Waals surface area contributed by atoms with Crippen LogP contribution in [0.5, 0.6) is 5.75 Å². The van der Waals surface area contributed by atoms with Crippen molar-refractivity contribution in [1.29, 1.82) is 0 Å². The summed E-state index contributed by atoms with van der Waals surface area (Å²) in [5.41, 5.74) is 2.12. The average molecular weight is 274 g/mol. The molecule has 19 heavy (non-hydrogen) atoms. The first-order valence-electron chi connectivity index (χ1n) is 5.98. The van der Waals surface area contributed by atoms with Crippen molar-refractivity contribution in [3.63, 3.8) is 0 Å². The fourth-order valence-corrected chi connectivity index (χ4v) is 2.87. The van der Waals surface area contributed by atoms with Gasteiger partial charge in [-0.25, -0.2) is 4.98 Å². The number of nitrogens with zero attached hydrogens (tertiary/aromatic N) is 1. The molecule has 0 spiro atoms. The van der Waals surface area contributed by atoms with E-state index >= 15 is 0 Å². The number of aromatic nitrogens is 1. The van der Waals surface area contributed by atoms with Crippen molar-refractivity contribution in [2.45, 2.75) is 13.5 Å². The van der Waals surface area contributed by atoms with E-state index in [4.69, 9.17) is 9.15 Å². The zero-order valence-corrected chi connectivity index (χ0v) is 11.6. The number of methoxy groups -OCH3 is 1. The molecule has 3 aromatic rings. The number of hydrogen-bond donors (Lipinski definition) is 1. The van der Waals surface area contributed by atoms with Crippen molar-refractivity contribution in [3.05, 3.63) is 41.9 Å². The number of fused-ring (bicyclic) bond motifs is 1. The Hall–Kier alpha value is -2.01. The predicted molar refractivity (Wildman–Crippen MR) is 76.9 cm³/mol. The van der Waals surface area contributed by atoms with Gasteiger partial charge in [0.15, 0.2) is 5.13 Å². The second kappa shape index (κ2) is 4.93. The van der Waals surface area contributed by atoms with Gasteiger partial charge in [-0.15, -0.1) is 0 Å². The second-order valence-electron chi connectivity index (χ2n) is 4.21. The van der Waals surface area contributed by atoms with Gasteiger partial charge in [0, 0.05) is 0 Å². The fourth-order valence-electron chi connectivity index (χ4n) is 1.93. The van der Waals surface area contributed by atoms with Gasteiger partial charge in [0.1, 0.15) is 17.0 Å². The SMILES string of the molecule is COc1ccc(C)c2sc(NCc3ccco3)nc12. The lowest BCUT2D eigenvalue weighted by Crippen LogP contribution is -1.96. The molecule has 5 heteroatoms. The third kappa shape index (κ3) is 2.29. The summed E-state index contributed by atoms with van der Waals surface area (Å²) in [5, 5.41) is 4.15. The van der Waals surface area contributed by atoms with Crippen molar-refractivity contribution in [2.24, 2.45) is 0 Å². The van der Waals surface area contributed by atoms with Crippen LogP contribution >= 0.6 is 11.3 Å². The Kier molecular flexibility index (Phi) is 3.13. The van der Waals surface area contributed by atoms with Crippen molar-refractivity contribution in [3.8, 4) is 5.75 Å². The average Bonchev–Trinajstić information content (AvgIpc) is 3.06. The highest BCUT2D eigenvalue weighted by Gasteiger charge is 2.11. The van der Waals surface area contributed by atoms with E-state index in [1.165, 1.54) is 5.56 Å². The Morgan fingerprint density at radius 3 is 3.00 bits per heavy atom. The molecule has 2 aromatic heterocycles. The van der Waals surface area contributed by atoms with Gasteiger partial charge in [-0.2, -0.15) is 0 Å². The fraction of sp³-hybridized carbons (Fsp3) is 0.214. The molecule has 1 N–H and O–H groups in total. The third-order valence-electron chi connectivity index (χ3n) is 2.92. The van der Waals surface area contributed by atoms with Crippen LogP contribution < -0.4 is 10.1 Å². The van der Waals surface area contributed by atoms with Crippen LogP contribution in [0.1, 0.15) is 11.3 Å². The van der Waals surface area contributed by atoms with Crippen LogP contribution in [0.25, 0.3) is 10.2 Å². The molecular weight excluding hydrogens is 260 g/mol. The van der Waals surface area contributed by atoms with Crippen LogP contribution in [0.15, 0.2) is 34.9 Å². The minimum Gasteiger partial charge on any atom is -0.494 e. The molecule has 4 nitrogen and oxygen atoms in total. The number of benzene rings is 1. The first-order chi connectivity index (χ1) is 9.28. The van der Waals surface area contributed by atoms with E-state index in [0.717, 1.165) is 26.9 Å². The van der Waals surface area contributed by atoms with E-state index in [9.17, 15) is 0 Å². The molecule has 0 bridgehead atoms. The van der Waals surface area contributed by atoms with Gasteiger partial charge in [-0.1, -0.05) is 17.4 Å². The van der Waals surface area contributed by atoms with Gasteiger partial charge < -0.3 is 14.5 Å². The highest BCUT2D eigenvalue weighted by molar-refractivity contribution is 7.22. The maximum atomic E-state index is 5.34. The summed E-state index contributed by atoms with van der Waals surface area (Å²) < 4.78 is 11.8. The Labute approximate surface area is 115 Å². The number of hydrogen-bond acceptors (Lipinski definition) is 5. The Balaban J connectivity index is 1.90. The van der Waals surface area contributed by atoms with Gasteiger partial charge in [0.25, 0.3) is 0 Å². The Bertz CT molecular complexity index is 689. The van der Waals surface area contributed by atoms with Gasteiger partial charge >= 0.3 is 0 Å². The second-order valence-corrected chi connectivity index (χ2v) is 5.21. The molecule has 1 aromatic carbocycles. The molecule has 3 rings (SSSR count). The maximum Gasteiger partial charge on any atom is 0.184 e. The van der Waals surface area contributed by atoms with Crippen LogP contribution in [0, 0.1) is 6.92 Å². The highest BCUT2D eigenvalue weighted by atomic mass is 32.1. The molecule has 0 saturated heterocycles. The van der Waals surface area contributed by atoms with E-state index in [2.05, 4.69) is 23.3 Å². The van der Waals surface area contributed by atoms with Gasteiger partial charge in [0.05, 0.1) is 24.6 Å². The van der Waals surface area contributed by atoms with Crippen LogP contribution in [0.4, 0.5) is 5.13 Å². The molecule has 2 heterocycles. The summed E-state index contributed by atoms with van der Waals surface area (Å²) in [4.78, 5) is 4.58. The molecule has 0 aliphatic heterocycles. The van der Waals surface area contributed by atoms with E-state index in [-0.39, 0.29) is 0 Å². The summed E-state index contributed by atoms with van der Waals surface area (Å²) in [5.74, 6) is 1.70. The molecule has 0 atom stereocenters. The van der Waals surface area contributed by atoms with E-state index < -0.39 is 0 Å². The monoisotopic (exact) mass is 274 g/mol. The number of nitrogens with one attached hydrogen (secondary N) is 1. The minimum atomic E-state index is 0.633. The van der Waals surface area contributed by atoms with Crippen LogP contribution in [-0.2, 0) is 6.54 Å². The van der Waals surface area contributed by atoms with Gasteiger partial charge in [-0.05, 0) is 30.7 Å². The molecule has 0 saturated carbocycles. The zero-order chi connectivity index (χ0) is 13.2. The first kappa shape index (κ1) is 12.0. The molecule has 0 aliphatic rings. The van der Waals surface area contributed by atoms with E-state index in [0.29, 0.717) is 6.54 Å². The number of furan rings is 1. The summed E-state index contributed by atoms with van der Waals surface area (Å²) in [6, 6.07) is 7.82. The maximum absolute atomic E-state index is 5.34. The smallest absolute Gasteiger partial charge is 0.184 e. The molecule has 0 fully saturated rings. The Morgan fingerprint density at radius 2 is 2.26 bits per heavy atom. The summed E-state index contributed by atoms with van der Waals surface area (Å²) in [6.07, 6.45) is 1.67. The molecule has 0 unspecified atom stereocenters. The molecule has 0 aliphatic carbocycles. The predicted octanol–water partition coefficient (Wildman–Crippen LogP) is 3.82. The zero-order valence-electron chi connectivity index (χ0n) is 10.8. The lowest BCUT2D eigenvalue weighted by atomic mass is 10.2. The lowest BCUT2D eigenvalue weighted by Gasteiger charge is -2.01. The number of anilines is 1. The van der Waals surface area contributed by atoms with E-state index in [1.54, 1.807) is 24.7 Å². The number of ether oxygens (including phenoxy) is 1. The molecule has 0 amide bonds. The van der Waals surface area contributed by atoms with Gasteiger partial charge in [-0.3, -0.25) is 0 Å². The minimum absolute atomic E-state index is 0.633.